The summed E-state index contributed by atoms with van der Waals surface area (Å²) in [5, 5.41) is 0.568. The third-order valence-corrected chi connectivity index (χ3v) is 9.63. The lowest BCUT2D eigenvalue weighted by Crippen LogP contribution is -2.32. The molecule has 7 nitrogen and oxygen atoms in total. The second-order valence-corrected chi connectivity index (χ2v) is 12.6. The molecule has 0 aliphatic carbocycles. The Bertz CT molecular complexity index is 1470. The van der Waals surface area contributed by atoms with Crippen molar-refractivity contribution in [3.63, 3.8) is 0 Å². The van der Waals surface area contributed by atoms with E-state index in [1.54, 1.807) is 33.7 Å². The van der Waals surface area contributed by atoms with Crippen molar-refractivity contribution in [1.82, 2.24) is 14.3 Å². The van der Waals surface area contributed by atoms with E-state index in [-0.39, 0.29) is 10.8 Å². The Labute approximate surface area is 223 Å². The maximum Gasteiger partial charge on any atom is 0.260 e. The van der Waals surface area contributed by atoms with Crippen LogP contribution in [-0.2, 0) is 16.6 Å². The first-order valence-corrected chi connectivity index (χ1v) is 14.8. The summed E-state index contributed by atoms with van der Waals surface area (Å²) in [7, 11) is -3.58. The van der Waals surface area contributed by atoms with Crippen LogP contribution in [0.15, 0.2) is 76.4 Å². The Balaban J connectivity index is 1.46. The van der Waals surface area contributed by atoms with Crippen LogP contribution in [0, 0.1) is 0 Å². The molecule has 4 aromatic rings. The average Bonchev–Trinajstić information content (AvgIpc) is 3.10. The Morgan fingerprint density at radius 3 is 2.47 bits per heavy atom. The molecule has 186 valence electrons. The summed E-state index contributed by atoms with van der Waals surface area (Å²) >= 11 is 4.92. The van der Waals surface area contributed by atoms with Gasteiger partial charge in [-0.25, -0.2) is 13.4 Å². The molecule has 0 radical (unpaired) electrons. The first-order valence-electron chi connectivity index (χ1n) is 11.8. The fraction of sp³-hybridized carbons (Fsp3) is 0.269. The number of fused-ring (bicyclic) bond motifs is 1. The molecule has 5 rings (SSSR count). The number of benzene rings is 2. The molecule has 0 spiro atoms. The minimum Gasteiger partial charge on any atom is -0.279 e. The first-order chi connectivity index (χ1) is 17.4. The van der Waals surface area contributed by atoms with E-state index < -0.39 is 10.0 Å². The summed E-state index contributed by atoms with van der Waals surface area (Å²) in [6.07, 6.45) is 7.26. The molecule has 10 heteroatoms. The highest BCUT2D eigenvalue weighted by Gasteiger charge is 2.27. The van der Waals surface area contributed by atoms with E-state index >= 15 is 0 Å². The van der Waals surface area contributed by atoms with Gasteiger partial charge in [0.15, 0.2) is 5.13 Å². The molecule has 0 unspecified atom stereocenters. The van der Waals surface area contributed by atoms with Crippen LogP contribution in [-0.4, -0.2) is 41.7 Å². The number of halogens is 1. The van der Waals surface area contributed by atoms with Crippen molar-refractivity contribution >= 4 is 58.5 Å². The van der Waals surface area contributed by atoms with Crippen molar-refractivity contribution in [3.05, 3.63) is 82.6 Å². The molecule has 1 fully saturated rings. The van der Waals surface area contributed by atoms with Gasteiger partial charge in [-0.15, -0.1) is 0 Å². The smallest absolute Gasteiger partial charge is 0.260 e. The lowest BCUT2D eigenvalue weighted by atomic mass is 10.2. The van der Waals surface area contributed by atoms with Crippen LogP contribution in [0.5, 0.6) is 0 Å². The minimum absolute atomic E-state index is 0.213. The number of anilines is 1. The van der Waals surface area contributed by atoms with Gasteiger partial charge in [0.25, 0.3) is 5.91 Å². The molecule has 1 saturated heterocycles. The standard InChI is InChI=1S/C26H25BrN4O3S2/c27-21-9-12-23-24(16-21)35-26(29-23)31(18-19-6-5-13-28-17-19)25(32)20-7-10-22(11-8-20)36(33,34)30-14-3-1-2-4-15-30/h5-13,16-17H,1-4,14-15,18H2. The third kappa shape index (κ3) is 5.36. The van der Waals surface area contributed by atoms with Crippen molar-refractivity contribution in [1.29, 1.82) is 0 Å². The van der Waals surface area contributed by atoms with Gasteiger partial charge in [-0.3, -0.25) is 14.7 Å². The molecule has 1 aliphatic heterocycles. The molecule has 0 saturated carbocycles. The van der Waals surface area contributed by atoms with E-state index in [0.29, 0.717) is 30.3 Å². The van der Waals surface area contributed by atoms with Crippen LogP contribution in [0.2, 0.25) is 0 Å². The monoisotopic (exact) mass is 584 g/mol. The Hall–Kier alpha value is -2.66. The van der Waals surface area contributed by atoms with Gasteiger partial charge >= 0.3 is 0 Å². The highest BCUT2D eigenvalue weighted by atomic mass is 79.9. The van der Waals surface area contributed by atoms with E-state index in [2.05, 4.69) is 20.9 Å². The summed E-state index contributed by atoms with van der Waals surface area (Å²) in [6, 6.07) is 15.8. The Kier molecular flexibility index (Phi) is 7.47. The van der Waals surface area contributed by atoms with Crippen LogP contribution in [0.25, 0.3) is 10.2 Å². The molecule has 3 heterocycles. The molecule has 0 atom stereocenters. The second-order valence-electron chi connectivity index (χ2n) is 8.70. The van der Waals surface area contributed by atoms with Crippen LogP contribution >= 0.6 is 27.3 Å². The third-order valence-electron chi connectivity index (χ3n) is 6.18. The predicted molar refractivity (Wildman–Crippen MR) is 146 cm³/mol. The van der Waals surface area contributed by atoms with Crippen molar-refractivity contribution in [2.45, 2.75) is 37.1 Å². The predicted octanol–water partition coefficient (Wildman–Crippen LogP) is 5.87. The van der Waals surface area contributed by atoms with Crippen molar-refractivity contribution < 1.29 is 13.2 Å². The molecule has 1 aliphatic rings. The van der Waals surface area contributed by atoms with Gasteiger partial charge in [0.2, 0.25) is 10.0 Å². The molecular formula is C26H25BrN4O3S2. The number of hydrogen-bond donors (Lipinski definition) is 0. The van der Waals surface area contributed by atoms with E-state index in [4.69, 9.17) is 4.98 Å². The van der Waals surface area contributed by atoms with Gasteiger partial charge in [0, 0.05) is 35.5 Å². The van der Waals surface area contributed by atoms with Crippen LogP contribution in [0.1, 0.15) is 41.6 Å². The number of thiazole rings is 1. The van der Waals surface area contributed by atoms with Gasteiger partial charge in [-0.2, -0.15) is 4.31 Å². The maximum absolute atomic E-state index is 13.7. The number of carbonyl (C=O) groups excluding carboxylic acids is 1. The van der Waals surface area contributed by atoms with E-state index in [0.717, 1.165) is 45.9 Å². The zero-order valence-corrected chi connectivity index (χ0v) is 22.7. The Morgan fingerprint density at radius 2 is 1.78 bits per heavy atom. The Morgan fingerprint density at radius 1 is 1.03 bits per heavy atom. The molecular weight excluding hydrogens is 560 g/mol. The van der Waals surface area contributed by atoms with Crippen molar-refractivity contribution in [2.24, 2.45) is 0 Å². The highest BCUT2D eigenvalue weighted by molar-refractivity contribution is 9.10. The second kappa shape index (κ2) is 10.8. The number of sulfonamides is 1. The maximum atomic E-state index is 13.7. The average molecular weight is 586 g/mol. The topological polar surface area (TPSA) is 83.5 Å². The number of amides is 1. The lowest BCUT2D eigenvalue weighted by molar-refractivity contribution is 0.0985. The van der Waals surface area contributed by atoms with Gasteiger partial charge in [-0.1, -0.05) is 46.2 Å². The largest absolute Gasteiger partial charge is 0.279 e. The number of hydrogen-bond acceptors (Lipinski definition) is 6. The zero-order chi connectivity index (χ0) is 25.1. The summed E-state index contributed by atoms with van der Waals surface area (Å²) < 4.78 is 29.8. The summed E-state index contributed by atoms with van der Waals surface area (Å²) in [5.41, 5.74) is 2.07. The van der Waals surface area contributed by atoms with E-state index in [1.807, 2.05) is 30.3 Å². The number of rotatable bonds is 6. The fourth-order valence-corrected chi connectivity index (χ4v) is 7.29. The number of carbonyl (C=O) groups is 1. The van der Waals surface area contributed by atoms with Crippen LogP contribution in [0.4, 0.5) is 5.13 Å². The first kappa shape index (κ1) is 25.0. The SMILES string of the molecule is O=C(c1ccc(S(=O)(=O)N2CCCCCC2)cc1)N(Cc1cccnc1)c1nc2ccc(Br)cc2s1. The summed E-state index contributed by atoms with van der Waals surface area (Å²) in [5.74, 6) is -0.254. The molecule has 2 aromatic carbocycles. The van der Waals surface area contributed by atoms with Gasteiger partial charge in [0.05, 0.1) is 21.7 Å². The molecule has 0 bridgehead atoms. The normalized spacial score (nSPS) is 15.0. The molecule has 0 N–H and O–H groups in total. The summed E-state index contributed by atoms with van der Waals surface area (Å²) in [4.78, 5) is 24.4. The quantitative estimate of drug-likeness (QED) is 0.283. The molecule has 36 heavy (non-hydrogen) atoms. The van der Waals surface area contributed by atoms with Gasteiger partial charge in [0.1, 0.15) is 0 Å². The van der Waals surface area contributed by atoms with Crippen molar-refractivity contribution in [2.75, 3.05) is 18.0 Å². The highest BCUT2D eigenvalue weighted by Crippen LogP contribution is 2.32. The fourth-order valence-electron chi connectivity index (χ4n) is 4.26. The van der Waals surface area contributed by atoms with Gasteiger partial charge in [-0.05, 0) is 66.9 Å². The van der Waals surface area contributed by atoms with Gasteiger partial charge < -0.3 is 0 Å². The van der Waals surface area contributed by atoms with E-state index in [1.165, 1.54) is 23.5 Å². The number of aromatic nitrogens is 2. The number of pyridine rings is 1. The lowest BCUT2D eigenvalue weighted by Gasteiger charge is -2.21. The zero-order valence-electron chi connectivity index (χ0n) is 19.5. The van der Waals surface area contributed by atoms with Crippen molar-refractivity contribution in [3.8, 4) is 0 Å². The minimum atomic E-state index is -3.58. The molecule has 2 aromatic heterocycles. The number of nitrogens with zero attached hydrogens (tertiary/aromatic N) is 4. The molecule has 1 amide bonds. The van der Waals surface area contributed by atoms with Crippen LogP contribution < -0.4 is 4.90 Å². The van der Waals surface area contributed by atoms with Crippen LogP contribution in [0.3, 0.4) is 0 Å². The summed E-state index contributed by atoms with van der Waals surface area (Å²) in [6.45, 7) is 1.37. The van der Waals surface area contributed by atoms with E-state index in [9.17, 15) is 13.2 Å².